The highest BCUT2D eigenvalue weighted by Gasteiger charge is 2.15. The smallest absolute Gasteiger partial charge is 0.306 e. The fraction of sp³-hybridized carbons (Fsp3) is 0.946. The molecule has 0 aliphatic carbocycles. The van der Waals surface area contributed by atoms with E-state index in [2.05, 4.69) is 36.4 Å². The van der Waals surface area contributed by atoms with E-state index in [0.29, 0.717) is 17.3 Å². The predicted octanol–water partition coefficient (Wildman–Crippen LogP) is 12.6. The van der Waals surface area contributed by atoms with Gasteiger partial charge < -0.3 is 9.47 Å². The molecule has 0 aliphatic rings. The van der Waals surface area contributed by atoms with E-state index in [1.165, 1.54) is 154 Å². The first-order valence-corrected chi connectivity index (χ1v) is 20.1. The second-order valence-electron chi connectivity index (χ2n) is 12.6. The molecule has 0 rings (SSSR count). The molecule has 0 spiro atoms. The van der Waals surface area contributed by atoms with Gasteiger partial charge in [-0.15, -0.1) is 0 Å². The van der Waals surface area contributed by atoms with Crippen LogP contribution in [0.3, 0.4) is 0 Å². The van der Waals surface area contributed by atoms with Crippen molar-refractivity contribution in [1.29, 1.82) is 0 Å². The standard InChI is InChI=1S/C37H71IO4/c1-3-5-7-9-11-13-15-17-18-20-21-23-25-27-29-31-36(39)41-34-35(33-38)42-37(40)32-30-28-26-24-22-19-16-14-12-10-8-6-4-2/h35H,3-34H2,1-2H3/t35-/m1/s1. The van der Waals surface area contributed by atoms with Gasteiger partial charge in [-0.1, -0.05) is 203 Å². The maximum absolute atomic E-state index is 12.2. The average molecular weight is 707 g/mol. The zero-order valence-corrected chi connectivity index (χ0v) is 30.4. The van der Waals surface area contributed by atoms with E-state index in [0.717, 1.165) is 25.7 Å². The summed E-state index contributed by atoms with van der Waals surface area (Å²) >= 11 is 2.20. The molecule has 0 aromatic heterocycles. The van der Waals surface area contributed by atoms with Crippen LogP contribution in [0.2, 0.25) is 0 Å². The zero-order chi connectivity index (χ0) is 30.8. The number of rotatable bonds is 34. The van der Waals surface area contributed by atoms with Crippen LogP contribution in [-0.4, -0.2) is 29.1 Å². The van der Waals surface area contributed by atoms with Gasteiger partial charge in [0, 0.05) is 17.3 Å². The van der Waals surface area contributed by atoms with Crippen molar-refractivity contribution in [3.63, 3.8) is 0 Å². The molecule has 0 aromatic carbocycles. The fourth-order valence-corrected chi connectivity index (χ4v) is 5.97. The Morgan fingerprint density at radius 1 is 0.452 bits per heavy atom. The second kappa shape index (κ2) is 35.2. The maximum Gasteiger partial charge on any atom is 0.306 e. The molecule has 250 valence electrons. The Morgan fingerprint density at radius 2 is 0.738 bits per heavy atom. The number of ether oxygens (including phenoxy) is 2. The van der Waals surface area contributed by atoms with Gasteiger partial charge in [0.05, 0.1) is 0 Å². The molecule has 42 heavy (non-hydrogen) atoms. The van der Waals surface area contributed by atoms with Crippen molar-refractivity contribution in [3.05, 3.63) is 0 Å². The first kappa shape index (κ1) is 41.7. The molecule has 0 saturated heterocycles. The van der Waals surface area contributed by atoms with E-state index < -0.39 is 0 Å². The molecule has 0 fully saturated rings. The van der Waals surface area contributed by atoms with Crippen LogP contribution in [0.4, 0.5) is 0 Å². The van der Waals surface area contributed by atoms with Gasteiger partial charge in [0.2, 0.25) is 0 Å². The average Bonchev–Trinajstić information content (AvgIpc) is 2.99. The van der Waals surface area contributed by atoms with Gasteiger partial charge in [-0.25, -0.2) is 0 Å². The van der Waals surface area contributed by atoms with Crippen molar-refractivity contribution >= 4 is 34.5 Å². The van der Waals surface area contributed by atoms with Crippen LogP contribution in [0.5, 0.6) is 0 Å². The summed E-state index contributed by atoms with van der Waals surface area (Å²) in [4.78, 5) is 24.3. The number of esters is 2. The van der Waals surface area contributed by atoms with Crippen molar-refractivity contribution in [3.8, 4) is 0 Å². The lowest BCUT2D eigenvalue weighted by atomic mass is 10.0. The number of hydrogen-bond acceptors (Lipinski definition) is 4. The molecule has 4 nitrogen and oxygen atoms in total. The van der Waals surface area contributed by atoms with Gasteiger partial charge in [0.25, 0.3) is 0 Å². The fourth-order valence-electron chi connectivity index (χ4n) is 5.54. The highest BCUT2D eigenvalue weighted by molar-refractivity contribution is 14.1. The molecular weight excluding hydrogens is 635 g/mol. The van der Waals surface area contributed by atoms with Gasteiger partial charge in [-0.05, 0) is 12.8 Å². The highest BCUT2D eigenvalue weighted by Crippen LogP contribution is 2.15. The van der Waals surface area contributed by atoms with E-state index in [9.17, 15) is 9.59 Å². The van der Waals surface area contributed by atoms with Crippen LogP contribution < -0.4 is 0 Å². The molecule has 0 aliphatic heterocycles. The largest absolute Gasteiger partial charge is 0.462 e. The zero-order valence-electron chi connectivity index (χ0n) is 28.2. The van der Waals surface area contributed by atoms with Crippen LogP contribution in [0.15, 0.2) is 0 Å². The van der Waals surface area contributed by atoms with Gasteiger partial charge in [0.1, 0.15) is 12.7 Å². The summed E-state index contributed by atoms with van der Waals surface area (Å²) in [7, 11) is 0. The Balaban J connectivity index is 3.51. The predicted molar refractivity (Wildman–Crippen MR) is 190 cm³/mol. The maximum atomic E-state index is 12.2. The van der Waals surface area contributed by atoms with Crippen LogP contribution in [0, 0.1) is 0 Å². The van der Waals surface area contributed by atoms with E-state index in [1.807, 2.05) is 0 Å². The van der Waals surface area contributed by atoms with Gasteiger partial charge in [0.15, 0.2) is 0 Å². The lowest BCUT2D eigenvalue weighted by Gasteiger charge is -2.15. The Bertz CT molecular complexity index is 568. The monoisotopic (exact) mass is 706 g/mol. The van der Waals surface area contributed by atoms with Gasteiger partial charge >= 0.3 is 11.9 Å². The SMILES string of the molecule is CCCCCCCCCCCCCCCCCC(=O)OC[C@@H](CI)OC(=O)CCCCCCCCCCCCCCC. The van der Waals surface area contributed by atoms with Gasteiger partial charge in [-0.3, -0.25) is 9.59 Å². The molecule has 0 bridgehead atoms. The third kappa shape index (κ3) is 32.6. The van der Waals surface area contributed by atoms with Crippen LogP contribution >= 0.6 is 22.6 Å². The lowest BCUT2D eigenvalue weighted by molar-refractivity contribution is -0.157. The Kier molecular flexibility index (Phi) is 34.9. The number of hydrogen-bond donors (Lipinski definition) is 0. The van der Waals surface area contributed by atoms with Crippen molar-refractivity contribution in [1.82, 2.24) is 0 Å². The minimum atomic E-state index is -0.329. The van der Waals surface area contributed by atoms with E-state index in [-0.39, 0.29) is 24.6 Å². The summed E-state index contributed by atoms with van der Waals surface area (Å²) in [6.45, 7) is 4.73. The number of carbonyl (C=O) groups excluding carboxylic acids is 2. The van der Waals surface area contributed by atoms with Gasteiger partial charge in [-0.2, -0.15) is 0 Å². The molecule has 0 amide bonds. The molecule has 0 saturated carbocycles. The molecule has 1 atom stereocenters. The number of halogens is 1. The Hall–Kier alpha value is -0.330. The van der Waals surface area contributed by atoms with Crippen LogP contribution in [-0.2, 0) is 19.1 Å². The first-order valence-electron chi connectivity index (χ1n) is 18.5. The van der Waals surface area contributed by atoms with E-state index >= 15 is 0 Å². The summed E-state index contributed by atoms with van der Waals surface area (Å²) < 4.78 is 11.6. The van der Waals surface area contributed by atoms with E-state index in [1.54, 1.807) is 0 Å². The molecule has 0 aromatic rings. The molecule has 5 heteroatoms. The molecule has 0 N–H and O–H groups in total. The summed E-state index contributed by atoms with van der Waals surface area (Å²) in [5.74, 6) is -0.315. The summed E-state index contributed by atoms with van der Waals surface area (Å²) in [5, 5.41) is 0. The van der Waals surface area contributed by atoms with E-state index in [4.69, 9.17) is 9.47 Å². The summed E-state index contributed by atoms with van der Waals surface area (Å²) in [6, 6.07) is 0. The minimum Gasteiger partial charge on any atom is -0.462 e. The Morgan fingerprint density at radius 3 is 1.05 bits per heavy atom. The van der Waals surface area contributed by atoms with Crippen LogP contribution in [0.25, 0.3) is 0 Å². The summed E-state index contributed by atoms with van der Waals surface area (Å²) in [5.41, 5.74) is 0. The number of alkyl halides is 1. The van der Waals surface area contributed by atoms with Crippen molar-refractivity contribution in [2.75, 3.05) is 11.0 Å². The summed E-state index contributed by atoms with van der Waals surface area (Å²) in [6.07, 6.45) is 37.2. The third-order valence-corrected chi connectivity index (χ3v) is 9.35. The van der Waals surface area contributed by atoms with Crippen LogP contribution in [0.1, 0.15) is 206 Å². The highest BCUT2D eigenvalue weighted by atomic mass is 127. The molecule has 0 radical (unpaired) electrons. The molecule has 0 unspecified atom stereocenters. The number of carbonyl (C=O) groups is 2. The topological polar surface area (TPSA) is 52.6 Å². The first-order chi connectivity index (χ1) is 20.6. The Labute approximate surface area is 276 Å². The molecule has 0 heterocycles. The quantitative estimate of drug-likeness (QED) is 0.0289. The number of unbranched alkanes of at least 4 members (excludes halogenated alkanes) is 26. The second-order valence-corrected chi connectivity index (χ2v) is 13.5. The normalized spacial score (nSPS) is 12.0. The van der Waals surface area contributed by atoms with Crippen molar-refractivity contribution in [2.45, 2.75) is 213 Å². The minimum absolute atomic E-state index is 0.154. The van der Waals surface area contributed by atoms with Crippen molar-refractivity contribution in [2.24, 2.45) is 0 Å². The molecular formula is C37H71IO4. The third-order valence-electron chi connectivity index (χ3n) is 8.37. The van der Waals surface area contributed by atoms with Crippen molar-refractivity contribution < 1.29 is 19.1 Å². The lowest BCUT2D eigenvalue weighted by Crippen LogP contribution is -2.26.